The third kappa shape index (κ3) is 4.23. The van der Waals surface area contributed by atoms with Gasteiger partial charge < -0.3 is 0 Å². The van der Waals surface area contributed by atoms with Crippen molar-refractivity contribution in [2.24, 2.45) is 0 Å². The summed E-state index contributed by atoms with van der Waals surface area (Å²) in [6, 6.07) is 37.8. The van der Waals surface area contributed by atoms with Gasteiger partial charge in [-0.3, -0.25) is 0 Å². The van der Waals surface area contributed by atoms with Gasteiger partial charge in [0, 0.05) is 0 Å². The summed E-state index contributed by atoms with van der Waals surface area (Å²) in [6.45, 7) is 0. The average molecular weight is 588 g/mol. The fourth-order valence-electron chi connectivity index (χ4n) is 4.56. The van der Waals surface area contributed by atoms with Crippen LogP contribution in [0, 0.1) is 0 Å². The molecule has 4 aromatic carbocycles. The Morgan fingerprint density at radius 1 is 0.405 bits per heavy atom. The van der Waals surface area contributed by atoms with Gasteiger partial charge in [-0.25, -0.2) is 0 Å². The molecule has 0 amide bonds. The van der Waals surface area contributed by atoms with E-state index in [4.69, 9.17) is 15.0 Å². The molecule has 0 radical (unpaired) electrons. The topological polar surface area (TPSA) is 51.6 Å². The van der Waals surface area contributed by atoms with Gasteiger partial charge in [0.25, 0.3) is 0 Å². The van der Waals surface area contributed by atoms with E-state index >= 15 is 0 Å². The molecule has 0 saturated carbocycles. The number of fused-ring (bicyclic) bond motifs is 3. The van der Waals surface area contributed by atoms with Crippen LogP contribution in [-0.4, -0.2) is 40.4 Å². The second kappa shape index (κ2) is 9.37. The van der Waals surface area contributed by atoms with Gasteiger partial charge in [-0.1, -0.05) is 12.1 Å². The van der Waals surface area contributed by atoms with Gasteiger partial charge in [-0.2, -0.15) is 0 Å². The molecule has 0 N–H and O–H groups in total. The summed E-state index contributed by atoms with van der Waals surface area (Å²) in [7, 11) is 0. The number of hydrogen-bond donors (Lipinski definition) is 0. The van der Waals surface area contributed by atoms with Crippen LogP contribution in [0.1, 0.15) is 0 Å². The zero-order chi connectivity index (χ0) is 24.6. The Bertz CT molecular complexity index is 1820. The Morgan fingerprint density at radius 2 is 0.973 bits per heavy atom. The van der Waals surface area contributed by atoms with Crippen molar-refractivity contribution in [2.75, 3.05) is 0 Å². The van der Waals surface area contributed by atoms with Crippen LogP contribution < -0.4 is 0 Å². The van der Waals surface area contributed by atoms with Gasteiger partial charge in [0.05, 0.1) is 0 Å². The maximum atomic E-state index is 4.86. The molecule has 3 heterocycles. The molecule has 0 saturated heterocycles. The number of benzene rings is 4. The normalized spacial score (nSPS) is 11.2. The first-order valence-corrected chi connectivity index (χ1v) is 14.4. The fraction of sp³-hybridized carbons (Fsp3) is 0. The van der Waals surface area contributed by atoms with Crippen molar-refractivity contribution in [2.45, 2.75) is 0 Å². The van der Waals surface area contributed by atoms with Gasteiger partial charge in [0.15, 0.2) is 0 Å². The molecule has 7 aromatic rings. The summed E-state index contributed by atoms with van der Waals surface area (Å²) in [6.07, 6.45) is 3.76. The van der Waals surface area contributed by atoms with Crippen molar-refractivity contribution in [1.82, 2.24) is 19.9 Å². The quantitative estimate of drug-likeness (QED) is 0.203. The molecule has 0 atom stereocenters. The van der Waals surface area contributed by atoms with E-state index in [1.807, 2.05) is 73.1 Å². The Kier molecular flexibility index (Phi) is 5.58. The molecule has 3 aromatic heterocycles. The molecule has 4 nitrogen and oxygen atoms in total. The van der Waals surface area contributed by atoms with Crippen LogP contribution in [0.3, 0.4) is 0 Å². The number of aromatic nitrogens is 4. The molecule has 5 heteroatoms. The number of pyridine rings is 1. The Balaban J connectivity index is 1.35. The zero-order valence-corrected chi connectivity index (χ0v) is 22.1. The number of nitrogens with zero attached hydrogens (tertiary/aromatic N) is 4. The number of rotatable bonds is 4. The van der Waals surface area contributed by atoms with Gasteiger partial charge in [-0.05, 0) is 0 Å². The van der Waals surface area contributed by atoms with Crippen LogP contribution in [0.2, 0.25) is 0 Å². The van der Waals surface area contributed by atoms with Crippen molar-refractivity contribution in [1.29, 1.82) is 0 Å². The average Bonchev–Trinajstić information content (AvgIpc) is 3.36. The van der Waals surface area contributed by atoms with Crippen molar-refractivity contribution < 1.29 is 0 Å². The number of hydrogen-bond acceptors (Lipinski definition) is 4. The van der Waals surface area contributed by atoms with E-state index in [1.165, 1.54) is 23.1 Å². The SMILES string of the molecule is c1ccc(-c2nc(-c3ccccc3)nc(-c3cncc(-c4ccc5c(c4)[te]c4ccccc45)c3)n2)cc1. The molecule has 37 heavy (non-hydrogen) atoms. The monoisotopic (exact) mass is 590 g/mol. The van der Waals surface area contributed by atoms with Crippen LogP contribution in [0.4, 0.5) is 0 Å². The van der Waals surface area contributed by atoms with E-state index in [2.05, 4.69) is 53.5 Å². The van der Waals surface area contributed by atoms with Crippen molar-refractivity contribution in [3.05, 3.63) is 122 Å². The molecule has 0 aliphatic rings. The first-order valence-electron chi connectivity index (χ1n) is 12.1. The minimum atomic E-state index is -0.379. The van der Waals surface area contributed by atoms with Gasteiger partial charge in [0.1, 0.15) is 0 Å². The van der Waals surface area contributed by atoms with Crippen LogP contribution in [0.15, 0.2) is 122 Å². The molecular weight excluding hydrogens is 568 g/mol. The van der Waals surface area contributed by atoms with E-state index in [9.17, 15) is 0 Å². The van der Waals surface area contributed by atoms with Crippen LogP contribution >= 0.6 is 0 Å². The van der Waals surface area contributed by atoms with Crippen LogP contribution in [-0.2, 0) is 0 Å². The third-order valence-electron chi connectivity index (χ3n) is 6.41. The molecule has 0 spiro atoms. The Morgan fingerprint density at radius 3 is 1.68 bits per heavy atom. The van der Waals surface area contributed by atoms with E-state index in [-0.39, 0.29) is 20.4 Å². The van der Waals surface area contributed by atoms with Gasteiger partial charge in [0.2, 0.25) is 0 Å². The molecule has 0 aliphatic carbocycles. The fourth-order valence-corrected chi connectivity index (χ4v) is 7.83. The van der Waals surface area contributed by atoms with E-state index < -0.39 is 0 Å². The van der Waals surface area contributed by atoms with Crippen molar-refractivity contribution >= 4 is 38.0 Å². The first-order chi connectivity index (χ1) is 18.3. The van der Waals surface area contributed by atoms with E-state index in [1.54, 1.807) is 0 Å². The predicted molar refractivity (Wildman–Crippen MR) is 151 cm³/mol. The van der Waals surface area contributed by atoms with E-state index in [0.717, 1.165) is 22.3 Å². The Hall–Kier alpha value is -4.17. The maximum absolute atomic E-state index is 4.86. The van der Waals surface area contributed by atoms with Crippen LogP contribution in [0.25, 0.3) is 62.9 Å². The zero-order valence-electron chi connectivity index (χ0n) is 19.7. The summed E-state index contributed by atoms with van der Waals surface area (Å²) >= 11 is -0.379. The minimum absolute atomic E-state index is 0.379. The van der Waals surface area contributed by atoms with Crippen molar-refractivity contribution in [3.63, 3.8) is 0 Å². The summed E-state index contributed by atoms with van der Waals surface area (Å²) in [4.78, 5) is 19.1. The second-order valence-electron chi connectivity index (χ2n) is 8.81. The predicted octanol–water partition coefficient (Wildman–Crippen LogP) is 7.30. The molecule has 0 fully saturated rings. The second-order valence-corrected chi connectivity index (χ2v) is 11.9. The van der Waals surface area contributed by atoms with Crippen molar-refractivity contribution in [3.8, 4) is 45.3 Å². The van der Waals surface area contributed by atoms with Crippen LogP contribution in [0.5, 0.6) is 0 Å². The summed E-state index contributed by atoms with van der Waals surface area (Å²) < 4.78 is 2.99. The Labute approximate surface area is 224 Å². The van der Waals surface area contributed by atoms with Gasteiger partial charge >= 0.3 is 213 Å². The molecule has 174 valence electrons. The molecule has 0 unspecified atom stereocenters. The van der Waals surface area contributed by atoms with Gasteiger partial charge in [-0.15, -0.1) is 0 Å². The molecule has 0 bridgehead atoms. The molecule has 0 aliphatic heterocycles. The summed E-state index contributed by atoms with van der Waals surface area (Å²) in [5, 5.41) is 2.77. The molecular formula is C32H20N4Te. The third-order valence-corrected chi connectivity index (χ3v) is 9.64. The summed E-state index contributed by atoms with van der Waals surface area (Å²) in [5.41, 5.74) is 5.01. The first kappa shape index (κ1) is 22.1. The standard InChI is InChI=1S/C32H20N4Te/c1-3-9-21(10-4-1)30-34-31(22-11-5-2-6-12-22)36-32(35-30)25-17-24(19-33-20-25)23-15-16-27-26-13-7-8-14-28(26)37-29(27)18-23/h1-20H. The summed E-state index contributed by atoms with van der Waals surface area (Å²) in [5.74, 6) is 1.91. The molecule has 7 rings (SSSR count). The van der Waals surface area contributed by atoms with E-state index in [0.29, 0.717) is 17.5 Å².